The highest BCUT2D eigenvalue weighted by atomic mass is 32.2. The smallest absolute Gasteiger partial charge is 0.355 e. The van der Waals surface area contributed by atoms with Crippen LogP contribution in [0, 0.1) is 0 Å². The van der Waals surface area contributed by atoms with E-state index in [1.54, 1.807) is 32.9 Å². The number of esters is 1. The maximum atomic E-state index is 13.1. The lowest BCUT2D eigenvalue weighted by Gasteiger charge is -2.50. The molecule has 0 aliphatic carbocycles. The van der Waals surface area contributed by atoms with Gasteiger partial charge < -0.3 is 19.5 Å². The Bertz CT molecular complexity index is 936. The molecule has 8 nitrogen and oxygen atoms in total. The predicted octanol–water partition coefficient (Wildman–Crippen LogP) is 2.63. The van der Waals surface area contributed by atoms with Crippen molar-refractivity contribution in [2.45, 2.75) is 63.2 Å². The molecule has 0 bridgehead atoms. The topological polar surface area (TPSA) is 94.2 Å². The summed E-state index contributed by atoms with van der Waals surface area (Å²) >= 11 is 1.53. The third-order valence-corrected chi connectivity index (χ3v) is 6.89. The van der Waals surface area contributed by atoms with Gasteiger partial charge in [0.15, 0.2) is 6.61 Å². The predicted molar refractivity (Wildman–Crippen MR) is 123 cm³/mol. The Morgan fingerprint density at radius 1 is 1.21 bits per heavy atom. The Kier molecular flexibility index (Phi) is 6.99. The lowest BCUT2D eigenvalue weighted by atomic mass is 9.96. The van der Waals surface area contributed by atoms with E-state index in [9.17, 15) is 14.4 Å². The van der Waals surface area contributed by atoms with Gasteiger partial charge in [-0.25, -0.2) is 4.79 Å². The molecule has 0 saturated carbocycles. The van der Waals surface area contributed by atoms with E-state index in [1.807, 2.05) is 18.2 Å². The number of hydrogen-bond acceptors (Lipinski definition) is 7. The first-order valence-electron chi connectivity index (χ1n) is 11.2. The van der Waals surface area contributed by atoms with Crippen molar-refractivity contribution in [2.24, 2.45) is 0 Å². The number of nitrogens with zero attached hydrogens (tertiary/aromatic N) is 1. The lowest BCUT2D eigenvalue weighted by Crippen LogP contribution is -2.71. The van der Waals surface area contributed by atoms with E-state index in [-0.39, 0.29) is 35.6 Å². The van der Waals surface area contributed by atoms with E-state index in [4.69, 9.17) is 14.2 Å². The normalized spacial score (nSPS) is 25.1. The second kappa shape index (κ2) is 9.77. The molecule has 1 unspecified atom stereocenters. The fraction of sp³-hybridized carbons (Fsp3) is 0.542. The minimum atomic E-state index is -0.715. The van der Waals surface area contributed by atoms with Crippen LogP contribution in [-0.4, -0.2) is 64.8 Å². The SMILES string of the molecule is CC(C)(C)OC(=O)C1=C(C2CCCCO2)CS[C@@H]2[C@H](NC(=O)COc3ccccc3)C(=O)N12. The van der Waals surface area contributed by atoms with Crippen molar-refractivity contribution in [3.05, 3.63) is 41.6 Å². The van der Waals surface area contributed by atoms with Crippen molar-refractivity contribution >= 4 is 29.5 Å². The molecule has 2 amide bonds. The lowest BCUT2D eigenvalue weighted by molar-refractivity contribution is -0.159. The summed E-state index contributed by atoms with van der Waals surface area (Å²) < 4.78 is 17.0. The van der Waals surface area contributed by atoms with Crippen molar-refractivity contribution in [1.82, 2.24) is 10.2 Å². The zero-order valence-electron chi connectivity index (χ0n) is 19.2. The summed E-state index contributed by atoms with van der Waals surface area (Å²) in [6, 6.07) is 8.29. The zero-order valence-corrected chi connectivity index (χ0v) is 20.0. The van der Waals surface area contributed by atoms with Crippen LogP contribution in [0.1, 0.15) is 40.0 Å². The first kappa shape index (κ1) is 23.6. The van der Waals surface area contributed by atoms with Crippen LogP contribution in [0.25, 0.3) is 0 Å². The molecule has 33 heavy (non-hydrogen) atoms. The number of benzene rings is 1. The van der Waals surface area contributed by atoms with Gasteiger partial charge in [0, 0.05) is 12.4 Å². The quantitative estimate of drug-likeness (QED) is 0.500. The fourth-order valence-electron chi connectivity index (χ4n) is 4.10. The summed E-state index contributed by atoms with van der Waals surface area (Å²) in [5, 5.41) is 2.39. The van der Waals surface area contributed by atoms with Gasteiger partial charge in [-0.15, -0.1) is 11.8 Å². The highest BCUT2D eigenvalue weighted by Gasteiger charge is 2.55. The van der Waals surface area contributed by atoms with Crippen LogP contribution in [0.4, 0.5) is 0 Å². The number of carbonyl (C=O) groups is 3. The maximum Gasteiger partial charge on any atom is 0.355 e. The number of thioether (sulfide) groups is 1. The summed E-state index contributed by atoms with van der Waals surface area (Å²) in [6.07, 6.45) is 2.61. The number of carbonyl (C=O) groups excluding carboxylic acids is 3. The molecule has 0 radical (unpaired) electrons. The molecule has 1 N–H and O–H groups in total. The highest BCUT2D eigenvalue weighted by Crippen LogP contribution is 2.43. The van der Waals surface area contributed by atoms with Gasteiger partial charge in [-0.1, -0.05) is 18.2 Å². The van der Waals surface area contributed by atoms with Gasteiger partial charge in [-0.05, 0) is 57.7 Å². The van der Waals surface area contributed by atoms with Gasteiger partial charge in [-0.3, -0.25) is 14.5 Å². The summed E-state index contributed by atoms with van der Waals surface area (Å²) in [7, 11) is 0. The summed E-state index contributed by atoms with van der Waals surface area (Å²) in [4.78, 5) is 40.1. The average molecular weight is 475 g/mol. The fourth-order valence-corrected chi connectivity index (χ4v) is 5.51. The summed E-state index contributed by atoms with van der Waals surface area (Å²) in [5.41, 5.74) is 0.381. The van der Waals surface area contributed by atoms with E-state index in [1.165, 1.54) is 16.7 Å². The summed E-state index contributed by atoms with van der Waals surface area (Å²) in [5.74, 6) is -0.118. The first-order chi connectivity index (χ1) is 15.7. The molecule has 4 rings (SSSR count). The number of nitrogens with one attached hydrogen (secondary N) is 1. The molecular weight excluding hydrogens is 444 g/mol. The molecule has 0 aromatic heterocycles. The number of β-lactam (4-membered cyclic amide) rings is 1. The molecule has 1 aromatic rings. The second-order valence-corrected chi connectivity index (χ2v) is 10.4. The molecule has 3 aliphatic rings. The van der Waals surface area contributed by atoms with E-state index >= 15 is 0 Å². The first-order valence-corrected chi connectivity index (χ1v) is 12.3. The van der Waals surface area contributed by atoms with Gasteiger partial charge in [-0.2, -0.15) is 0 Å². The standard InChI is InChI=1S/C24H30N2O6S/c1-24(2,3)32-23(29)20-16(17-11-7-8-12-30-17)14-33-22-19(21(28)26(20)22)25-18(27)13-31-15-9-5-4-6-10-15/h4-6,9-10,17,19,22H,7-8,11-14H2,1-3H3,(H,25,27)/t17?,19-,22-/m1/s1. The highest BCUT2D eigenvalue weighted by molar-refractivity contribution is 8.00. The van der Waals surface area contributed by atoms with Gasteiger partial charge >= 0.3 is 5.97 Å². The number of ether oxygens (including phenoxy) is 3. The van der Waals surface area contributed by atoms with Gasteiger partial charge in [0.05, 0.1) is 6.10 Å². The Balaban J connectivity index is 1.47. The van der Waals surface area contributed by atoms with Crippen LogP contribution in [-0.2, 0) is 23.9 Å². The van der Waals surface area contributed by atoms with Crippen LogP contribution < -0.4 is 10.1 Å². The largest absolute Gasteiger partial charge is 0.484 e. The van der Waals surface area contributed by atoms with Crippen molar-refractivity contribution in [2.75, 3.05) is 19.0 Å². The Hall–Kier alpha value is -2.52. The van der Waals surface area contributed by atoms with Crippen LogP contribution in [0.2, 0.25) is 0 Å². The number of amides is 2. The maximum absolute atomic E-state index is 13.1. The molecule has 0 spiro atoms. The third kappa shape index (κ3) is 5.35. The molecule has 2 fully saturated rings. The molecular formula is C24H30N2O6S. The van der Waals surface area contributed by atoms with Gasteiger partial charge in [0.25, 0.3) is 11.8 Å². The van der Waals surface area contributed by atoms with Crippen LogP contribution in [0.15, 0.2) is 41.6 Å². The van der Waals surface area contributed by atoms with Crippen LogP contribution in [0.5, 0.6) is 5.75 Å². The Morgan fingerprint density at radius 3 is 2.64 bits per heavy atom. The molecule has 9 heteroatoms. The molecule has 3 atom stereocenters. The molecule has 3 heterocycles. The number of hydrogen-bond donors (Lipinski definition) is 1. The van der Waals surface area contributed by atoms with E-state index in [0.717, 1.165) is 24.8 Å². The minimum absolute atomic E-state index is 0.193. The van der Waals surface area contributed by atoms with Gasteiger partial charge in [0.1, 0.15) is 28.5 Å². The number of para-hydroxylation sites is 1. The monoisotopic (exact) mass is 474 g/mol. The second-order valence-electron chi connectivity index (χ2n) is 9.29. The zero-order chi connectivity index (χ0) is 23.6. The molecule has 178 valence electrons. The number of fused-ring (bicyclic) bond motifs is 1. The van der Waals surface area contributed by atoms with E-state index in [2.05, 4.69) is 5.32 Å². The Morgan fingerprint density at radius 2 is 1.97 bits per heavy atom. The van der Waals surface area contributed by atoms with Crippen LogP contribution >= 0.6 is 11.8 Å². The van der Waals surface area contributed by atoms with Crippen molar-refractivity contribution in [3.63, 3.8) is 0 Å². The molecule has 3 aliphatic heterocycles. The van der Waals surface area contributed by atoms with Gasteiger partial charge in [0.2, 0.25) is 0 Å². The molecule has 1 aromatic carbocycles. The average Bonchev–Trinajstić information content (AvgIpc) is 2.80. The Labute approximate surface area is 198 Å². The van der Waals surface area contributed by atoms with E-state index < -0.39 is 17.6 Å². The molecule has 2 saturated heterocycles. The van der Waals surface area contributed by atoms with Crippen LogP contribution in [0.3, 0.4) is 0 Å². The van der Waals surface area contributed by atoms with Crippen molar-refractivity contribution < 1.29 is 28.6 Å². The van der Waals surface area contributed by atoms with Crippen molar-refractivity contribution in [1.29, 1.82) is 0 Å². The van der Waals surface area contributed by atoms with E-state index in [0.29, 0.717) is 18.1 Å². The number of rotatable bonds is 6. The summed E-state index contributed by atoms with van der Waals surface area (Å²) in [6.45, 7) is 5.83. The minimum Gasteiger partial charge on any atom is -0.484 e. The van der Waals surface area contributed by atoms with Crippen molar-refractivity contribution in [3.8, 4) is 5.75 Å². The third-order valence-electron chi connectivity index (χ3n) is 5.59.